The SMILES string of the molecule is Cc1noc(C)c1COc1ccc(C23c4ccccc4C(=O)N2CCN3C(=O)c2ccc(F)cc2)cc1.O=C(c1ccc(F)cc1)N1CCN2C(=O)c3ccccc3C12c1ccc(OCCCCCl)cc1.O=C(c1ccc(F)cc1)N1CCN2C(=O)c3ccccc3C12c1ccc(OCCCl)cc1.O=C(c1ccc(F)cc1)N1CCN2C(=O)c3ccccc3C12c1ccc(OCc2ccccc2)cc1. The van der Waals surface area contributed by atoms with Gasteiger partial charge in [0.1, 0.15) is 71.8 Å². The van der Waals surface area contributed by atoms with Gasteiger partial charge in [-0.05, 0) is 202 Å². The number of aromatic nitrogens is 1. The third-order valence-electron chi connectivity index (χ3n) is 26.8. The van der Waals surface area contributed by atoms with E-state index in [0.717, 1.165) is 74.2 Å². The monoisotopic (exact) mass is 1900 g/mol. The molecule has 0 radical (unpaired) electrons. The third-order valence-corrected chi connectivity index (χ3v) is 27.2. The highest BCUT2D eigenvalue weighted by Crippen LogP contribution is 2.56. The number of hydrogen-bond acceptors (Lipinski definition) is 14. The standard InChI is InChI=1S/C30H23FN2O3.C29H24FN3O4.C27H24ClFN2O3.C25H20ClFN2O3/c31-24-14-10-22(11-15-24)28(34)32-18-19-33-29(35)26-8-4-5-9-27(26)30(32,33)23-12-16-25(17-13-23)36-20-21-6-2-1-3-7-21;1-18-25(19(2)37-31-18)17-36-23-13-9-21(10-14-23)29-26-6-4-3-5-24(26)28(35)33(29)16-15-32(29)27(34)20-7-11-22(30)12-8-20;28-15-3-4-18-34-22-13-9-20(10-14-22)27-24-6-2-1-5-23(24)26(33)31(27)17-16-30(27)25(32)19-7-11-21(29)12-8-19;26-13-16-32-20-11-7-18(8-12-20)25-22-4-2-1-3-21(22)24(31)29(25)15-14-28(25)23(30)17-5-9-19(27)10-6-17/h1-17H,18-20H2;3-14H,15-17H2,1-2H3;1-2,5-14H,3-4,15-18H2;1-12H,13-16H2. The molecule has 4 fully saturated rings. The summed E-state index contributed by atoms with van der Waals surface area (Å²) in [6, 6.07) is 91.5. The van der Waals surface area contributed by atoms with Crippen LogP contribution in [0, 0.1) is 37.1 Å². The number of halogens is 6. The van der Waals surface area contributed by atoms with Gasteiger partial charge in [0.15, 0.2) is 22.7 Å². The van der Waals surface area contributed by atoms with Crippen LogP contribution >= 0.6 is 23.2 Å². The molecule has 700 valence electrons. The first kappa shape index (κ1) is 92.4. The van der Waals surface area contributed by atoms with Crippen LogP contribution in [0.1, 0.15) is 163 Å². The molecule has 22 nitrogen and oxygen atoms in total. The second-order valence-corrected chi connectivity index (χ2v) is 35.1. The van der Waals surface area contributed by atoms with Gasteiger partial charge in [-0.2, -0.15) is 0 Å². The van der Waals surface area contributed by atoms with E-state index in [1.807, 2.05) is 214 Å². The molecule has 4 unspecified atom stereocenters. The Bertz CT molecular complexity index is 7000. The Morgan fingerprint density at radius 2 is 0.590 bits per heavy atom. The summed E-state index contributed by atoms with van der Waals surface area (Å²) in [5.41, 5.74) is 8.35. The Hall–Kier alpha value is -15.7. The summed E-state index contributed by atoms with van der Waals surface area (Å²) < 4.78 is 82.7. The fraction of sp³-hybridized carbons (Fsp3) is 0.198. The fourth-order valence-corrected chi connectivity index (χ4v) is 20.7. The maximum atomic E-state index is 13.8. The lowest BCUT2D eigenvalue weighted by Gasteiger charge is -2.40. The molecule has 13 aromatic carbocycles. The summed E-state index contributed by atoms with van der Waals surface area (Å²) in [6.45, 7) is 8.43. The van der Waals surface area contributed by atoms with Gasteiger partial charge in [0.05, 0.1) is 23.7 Å². The van der Waals surface area contributed by atoms with Crippen LogP contribution < -0.4 is 18.9 Å². The molecule has 4 atom stereocenters. The van der Waals surface area contributed by atoms with Gasteiger partial charge in [0, 0.05) is 147 Å². The summed E-state index contributed by atoms with van der Waals surface area (Å²) in [6.07, 6.45) is 1.75. The molecule has 14 aromatic rings. The third kappa shape index (κ3) is 16.3. The number of carbonyl (C=O) groups is 8. The molecule has 8 amide bonds. The first-order valence-electron chi connectivity index (χ1n) is 45.6. The molecule has 28 heteroatoms. The number of rotatable bonds is 22. The van der Waals surface area contributed by atoms with Gasteiger partial charge >= 0.3 is 0 Å². The number of ether oxygens (including phenoxy) is 4. The van der Waals surface area contributed by atoms with Crippen LogP contribution in [0.2, 0.25) is 0 Å². The van der Waals surface area contributed by atoms with Crippen LogP contribution in [0.25, 0.3) is 0 Å². The van der Waals surface area contributed by atoms with Gasteiger partial charge in [-0.25, -0.2) is 17.6 Å². The van der Waals surface area contributed by atoms with Gasteiger partial charge in [-0.15, -0.1) is 23.2 Å². The molecule has 1 aromatic heterocycles. The highest BCUT2D eigenvalue weighted by molar-refractivity contribution is 6.18. The number of unbranched alkanes of at least 4 members (excludes halogenated alkanes) is 1. The highest BCUT2D eigenvalue weighted by atomic mass is 35.5. The molecule has 22 rings (SSSR count). The van der Waals surface area contributed by atoms with Crippen LogP contribution in [-0.4, -0.2) is 169 Å². The number of alkyl halides is 2. The number of hydrogen-bond donors (Lipinski definition) is 0. The summed E-state index contributed by atoms with van der Waals surface area (Å²) >= 11 is 11.4. The van der Waals surface area contributed by atoms with E-state index in [9.17, 15) is 55.9 Å². The molecule has 9 heterocycles. The zero-order valence-corrected chi connectivity index (χ0v) is 77.0. The molecule has 0 aliphatic carbocycles. The van der Waals surface area contributed by atoms with Crippen LogP contribution in [0.15, 0.2) is 326 Å². The van der Waals surface area contributed by atoms with E-state index >= 15 is 0 Å². The molecular weight excluding hydrogens is 1810 g/mol. The predicted molar refractivity (Wildman–Crippen MR) is 511 cm³/mol. The average molecular weight is 1910 g/mol. The van der Waals surface area contributed by atoms with Crippen molar-refractivity contribution in [1.29, 1.82) is 0 Å². The van der Waals surface area contributed by atoms with E-state index < -0.39 is 45.9 Å². The topological polar surface area (TPSA) is 225 Å². The van der Waals surface area contributed by atoms with Crippen molar-refractivity contribution in [3.05, 3.63) is 456 Å². The number of fused-ring (bicyclic) bond motifs is 12. The minimum Gasteiger partial charge on any atom is -0.494 e. The van der Waals surface area contributed by atoms with Crippen molar-refractivity contribution in [2.45, 2.75) is 62.6 Å². The van der Waals surface area contributed by atoms with E-state index in [2.05, 4.69) is 5.16 Å². The van der Waals surface area contributed by atoms with Crippen LogP contribution in [0.5, 0.6) is 23.0 Å². The molecule has 0 bridgehead atoms. The number of amides is 8. The zero-order chi connectivity index (χ0) is 96.4. The van der Waals surface area contributed by atoms with Gasteiger partial charge in [-0.1, -0.05) is 157 Å². The maximum Gasteiger partial charge on any atom is 0.256 e. The predicted octanol–water partition coefficient (Wildman–Crippen LogP) is 19.3. The first-order chi connectivity index (χ1) is 67.6. The lowest BCUT2D eigenvalue weighted by molar-refractivity contribution is 0.0362. The number of carbonyl (C=O) groups excluding carboxylic acids is 8. The van der Waals surface area contributed by atoms with Crippen LogP contribution in [0.3, 0.4) is 0 Å². The average Bonchev–Trinajstić information content (AvgIpc) is 1.55. The summed E-state index contributed by atoms with van der Waals surface area (Å²) in [5.74, 6) is 1.26. The van der Waals surface area contributed by atoms with Gasteiger partial charge in [0.2, 0.25) is 0 Å². The summed E-state index contributed by atoms with van der Waals surface area (Å²) in [5, 5.41) is 3.96. The van der Waals surface area contributed by atoms with E-state index in [-0.39, 0.29) is 47.3 Å². The normalized spacial score (nSPS) is 18.5. The summed E-state index contributed by atoms with van der Waals surface area (Å²) in [4.78, 5) is 122. The number of nitrogens with zero attached hydrogens (tertiary/aromatic N) is 9. The molecule has 0 spiro atoms. The smallest absolute Gasteiger partial charge is 0.256 e. The van der Waals surface area contributed by atoms with Gasteiger partial charge in [-0.3, -0.25) is 38.4 Å². The van der Waals surface area contributed by atoms with Crippen molar-refractivity contribution in [1.82, 2.24) is 44.4 Å². The van der Waals surface area contributed by atoms with E-state index in [4.69, 9.17) is 46.7 Å². The van der Waals surface area contributed by atoms with Gasteiger partial charge < -0.3 is 62.7 Å². The van der Waals surface area contributed by atoms with Crippen molar-refractivity contribution in [2.75, 3.05) is 77.3 Å². The Morgan fingerprint density at radius 3 is 0.871 bits per heavy atom. The molecule has 0 N–H and O–H groups in total. The van der Waals surface area contributed by atoms with Crippen molar-refractivity contribution < 1.29 is 79.4 Å². The molecule has 8 aliphatic rings. The maximum absolute atomic E-state index is 13.8. The Labute approximate surface area is 808 Å². The number of benzene rings is 13. The minimum atomic E-state index is -1.11. The van der Waals surface area contributed by atoms with Gasteiger partial charge in [0.25, 0.3) is 47.3 Å². The Balaban J connectivity index is 0.000000118. The van der Waals surface area contributed by atoms with E-state index in [1.54, 1.807) is 63.5 Å². The van der Waals surface area contributed by atoms with Crippen molar-refractivity contribution in [3.8, 4) is 23.0 Å². The Morgan fingerprint density at radius 1 is 0.317 bits per heavy atom. The lowest BCUT2D eigenvalue weighted by Crippen LogP contribution is -2.51. The van der Waals surface area contributed by atoms with E-state index in [1.165, 1.54) is 97.1 Å². The molecule has 139 heavy (non-hydrogen) atoms. The fourth-order valence-electron chi connectivity index (χ4n) is 20.4. The van der Waals surface area contributed by atoms with Crippen molar-refractivity contribution >= 4 is 70.5 Å². The molecule has 4 saturated heterocycles. The van der Waals surface area contributed by atoms with Crippen LogP contribution in [-0.2, 0) is 35.9 Å². The largest absolute Gasteiger partial charge is 0.494 e. The number of aryl methyl sites for hydroxylation is 2. The Kier molecular flexibility index (Phi) is 25.8. The highest BCUT2D eigenvalue weighted by Gasteiger charge is 2.64. The minimum absolute atomic E-state index is 0.105. The first-order valence-corrected chi connectivity index (χ1v) is 46.7. The van der Waals surface area contributed by atoms with E-state index in [0.29, 0.717) is 164 Å². The van der Waals surface area contributed by atoms with Crippen molar-refractivity contribution in [2.24, 2.45) is 0 Å². The molecular formula is C111H91Cl2F4N9O13. The van der Waals surface area contributed by atoms with Crippen LogP contribution in [0.4, 0.5) is 17.6 Å². The van der Waals surface area contributed by atoms with Crippen molar-refractivity contribution in [3.63, 3.8) is 0 Å². The lowest BCUT2D eigenvalue weighted by atomic mass is 9.89. The second kappa shape index (κ2) is 38.8. The zero-order valence-electron chi connectivity index (χ0n) is 75.5. The summed E-state index contributed by atoms with van der Waals surface area (Å²) in [7, 11) is 0. The second-order valence-electron chi connectivity index (χ2n) is 34.3. The molecule has 8 aliphatic heterocycles. The molecule has 0 saturated carbocycles. The quantitative estimate of drug-likeness (QED) is 0.0349.